The van der Waals surface area contributed by atoms with Crippen LogP contribution >= 0.6 is 0 Å². The van der Waals surface area contributed by atoms with E-state index < -0.39 is 24.4 Å². The van der Waals surface area contributed by atoms with Gasteiger partial charge >= 0.3 is 12.1 Å². The molecule has 1 heterocycles. The lowest BCUT2D eigenvalue weighted by atomic mass is 10.1. The fraction of sp³-hybridized carbons (Fsp3) is 0.273. The molecule has 1 aromatic heterocycles. The lowest BCUT2D eigenvalue weighted by molar-refractivity contribution is -0.142. The summed E-state index contributed by atoms with van der Waals surface area (Å²) in [6.07, 6.45) is -4.59. The smallest absolute Gasteiger partial charge is 0.408 e. The molecule has 0 radical (unpaired) electrons. The largest absolute Gasteiger partial charge is 0.497 e. The number of carbonyl (C=O) groups is 1. The second kappa shape index (κ2) is 9.11. The number of carbonyl (C=O) groups excluding carboxylic acids is 1. The Morgan fingerprint density at radius 1 is 1.03 bits per heavy atom. The number of alkyl halides is 3. The summed E-state index contributed by atoms with van der Waals surface area (Å²) in [5.74, 6) is -0.395. The third kappa shape index (κ3) is 5.36. The zero-order chi connectivity index (χ0) is 22.6. The molecule has 0 amide bonds. The van der Waals surface area contributed by atoms with Crippen molar-refractivity contribution >= 4 is 5.97 Å². The highest BCUT2D eigenvalue weighted by molar-refractivity contribution is 5.93. The summed E-state index contributed by atoms with van der Waals surface area (Å²) in [5.41, 5.74) is 1.94. The van der Waals surface area contributed by atoms with Crippen LogP contribution in [-0.4, -0.2) is 36.1 Å². The highest BCUT2D eigenvalue weighted by atomic mass is 19.4. The SMILES string of the molecule is COC(=O)c1c(OCc2ccc(OC)cc2)c(-c2ccc(C)cc2)nn1CC(F)(F)F. The summed E-state index contributed by atoms with van der Waals surface area (Å²) in [5, 5.41) is 4.05. The number of halogens is 3. The van der Waals surface area contributed by atoms with Gasteiger partial charge in [-0.2, -0.15) is 18.3 Å². The molecule has 164 valence electrons. The third-order valence-corrected chi connectivity index (χ3v) is 4.48. The molecule has 0 saturated heterocycles. The van der Waals surface area contributed by atoms with Gasteiger partial charge in [0.25, 0.3) is 0 Å². The van der Waals surface area contributed by atoms with Crippen LogP contribution in [0.15, 0.2) is 48.5 Å². The molecule has 0 bridgehead atoms. The quantitative estimate of drug-likeness (QED) is 0.500. The van der Waals surface area contributed by atoms with Crippen LogP contribution in [0.2, 0.25) is 0 Å². The van der Waals surface area contributed by atoms with E-state index in [4.69, 9.17) is 14.2 Å². The van der Waals surface area contributed by atoms with Crippen LogP contribution in [0.3, 0.4) is 0 Å². The van der Waals surface area contributed by atoms with Crippen molar-refractivity contribution in [3.8, 4) is 22.8 Å². The fourth-order valence-corrected chi connectivity index (χ4v) is 2.94. The maximum Gasteiger partial charge on any atom is 0.408 e. The third-order valence-electron chi connectivity index (χ3n) is 4.48. The van der Waals surface area contributed by atoms with Gasteiger partial charge in [0.1, 0.15) is 24.6 Å². The van der Waals surface area contributed by atoms with Crippen molar-refractivity contribution in [1.82, 2.24) is 9.78 Å². The Bertz CT molecular complexity index is 1040. The lowest BCUT2D eigenvalue weighted by Crippen LogP contribution is -2.22. The minimum absolute atomic E-state index is 0.00452. The Morgan fingerprint density at radius 2 is 1.68 bits per heavy atom. The second-order valence-electron chi connectivity index (χ2n) is 6.79. The Kier molecular flexibility index (Phi) is 6.53. The summed E-state index contributed by atoms with van der Waals surface area (Å²) >= 11 is 0. The molecular formula is C22H21F3N2O4. The van der Waals surface area contributed by atoms with Crippen LogP contribution in [0.5, 0.6) is 11.5 Å². The van der Waals surface area contributed by atoms with Crippen LogP contribution in [0.1, 0.15) is 21.6 Å². The molecule has 0 N–H and O–H groups in total. The van der Waals surface area contributed by atoms with Crippen LogP contribution in [0.25, 0.3) is 11.3 Å². The van der Waals surface area contributed by atoms with E-state index in [-0.39, 0.29) is 18.1 Å². The molecule has 0 unspecified atom stereocenters. The van der Waals surface area contributed by atoms with Gasteiger partial charge in [0.2, 0.25) is 0 Å². The predicted molar refractivity (Wildman–Crippen MR) is 107 cm³/mol. The molecule has 0 aliphatic heterocycles. The average molecular weight is 434 g/mol. The maximum atomic E-state index is 13.1. The number of methoxy groups -OCH3 is 2. The van der Waals surface area contributed by atoms with Gasteiger partial charge in [0.15, 0.2) is 11.4 Å². The summed E-state index contributed by atoms with van der Waals surface area (Å²) in [4.78, 5) is 12.4. The normalized spacial score (nSPS) is 11.3. The standard InChI is InChI=1S/C22H21F3N2O4/c1-14-4-8-16(9-5-14)18-20(31-12-15-6-10-17(29-2)11-7-15)19(21(28)30-3)27(26-18)13-22(23,24)25/h4-11H,12-13H2,1-3H3. The minimum Gasteiger partial charge on any atom is -0.497 e. The number of benzene rings is 2. The van der Waals surface area contributed by atoms with Crippen LogP contribution < -0.4 is 9.47 Å². The van der Waals surface area contributed by atoms with Gasteiger partial charge in [0.05, 0.1) is 14.2 Å². The number of aryl methyl sites for hydroxylation is 1. The summed E-state index contributed by atoms with van der Waals surface area (Å²) in [6.45, 7) is 0.430. The molecule has 3 aromatic rings. The molecule has 0 fully saturated rings. The number of aromatic nitrogens is 2. The van der Waals surface area contributed by atoms with Gasteiger partial charge in [-0.05, 0) is 24.6 Å². The van der Waals surface area contributed by atoms with Gasteiger partial charge in [-0.15, -0.1) is 0 Å². The van der Waals surface area contributed by atoms with Gasteiger partial charge in [-0.3, -0.25) is 0 Å². The molecule has 2 aromatic carbocycles. The first-order valence-corrected chi connectivity index (χ1v) is 9.30. The number of hydrogen-bond donors (Lipinski definition) is 0. The van der Waals surface area contributed by atoms with Crippen molar-refractivity contribution in [3.05, 3.63) is 65.4 Å². The summed E-state index contributed by atoms with van der Waals surface area (Å²) < 4.78 is 55.7. The van der Waals surface area contributed by atoms with Crippen LogP contribution in [0.4, 0.5) is 13.2 Å². The van der Waals surface area contributed by atoms with E-state index in [1.165, 1.54) is 7.11 Å². The molecule has 0 atom stereocenters. The van der Waals surface area contributed by atoms with Crippen molar-refractivity contribution in [2.24, 2.45) is 0 Å². The first-order valence-electron chi connectivity index (χ1n) is 9.30. The van der Waals surface area contributed by atoms with E-state index in [0.29, 0.717) is 16.0 Å². The Hall–Kier alpha value is -3.49. The van der Waals surface area contributed by atoms with Crippen LogP contribution in [0, 0.1) is 6.92 Å². The molecular weight excluding hydrogens is 413 g/mol. The van der Waals surface area contributed by atoms with E-state index in [0.717, 1.165) is 18.2 Å². The molecule has 9 heteroatoms. The van der Waals surface area contributed by atoms with Gasteiger partial charge in [-0.25, -0.2) is 9.48 Å². The van der Waals surface area contributed by atoms with Crippen molar-refractivity contribution in [1.29, 1.82) is 0 Å². The zero-order valence-electron chi connectivity index (χ0n) is 17.2. The maximum absolute atomic E-state index is 13.1. The van der Waals surface area contributed by atoms with E-state index in [9.17, 15) is 18.0 Å². The predicted octanol–water partition coefficient (Wildman–Crippen LogP) is 4.80. The Balaban J connectivity index is 2.06. The van der Waals surface area contributed by atoms with E-state index in [2.05, 4.69) is 5.10 Å². The fourth-order valence-electron chi connectivity index (χ4n) is 2.94. The van der Waals surface area contributed by atoms with Gasteiger partial charge in [0, 0.05) is 5.56 Å². The summed E-state index contributed by atoms with van der Waals surface area (Å²) in [6, 6.07) is 14.0. The molecule has 0 aliphatic rings. The molecule has 0 spiro atoms. The molecule has 0 aliphatic carbocycles. The average Bonchev–Trinajstić information content (AvgIpc) is 3.08. The lowest BCUT2D eigenvalue weighted by Gasteiger charge is -2.11. The topological polar surface area (TPSA) is 62.6 Å². The second-order valence-corrected chi connectivity index (χ2v) is 6.79. The van der Waals surface area contributed by atoms with Crippen LogP contribution in [-0.2, 0) is 17.9 Å². The van der Waals surface area contributed by atoms with Gasteiger partial charge < -0.3 is 14.2 Å². The highest BCUT2D eigenvalue weighted by Crippen LogP contribution is 2.35. The first-order chi connectivity index (χ1) is 14.7. The van der Waals surface area contributed by atoms with Crippen molar-refractivity contribution < 1.29 is 32.2 Å². The molecule has 3 rings (SSSR count). The Morgan fingerprint density at radius 3 is 2.23 bits per heavy atom. The minimum atomic E-state index is -4.59. The summed E-state index contributed by atoms with van der Waals surface area (Å²) in [7, 11) is 2.63. The van der Waals surface area contributed by atoms with Crippen molar-refractivity contribution in [3.63, 3.8) is 0 Å². The molecule has 0 saturated carbocycles. The number of esters is 1. The zero-order valence-corrected chi connectivity index (χ0v) is 17.2. The van der Waals surface area contributed by atoms with Crippen molar-refractivity contribution in [2.45, 2.75) is 26.3 Å². The van der Waals surface area contributed by atoms with Crippen molar-refractivity contribution in [2.75, 3.05) is 14.2 Å². The number of ether oxygens (including phenoxy) is 3. The highest BCUT2D eigenvalue weighted by Gasteiger charge is 2.35. The number of hydrogen-bond acceptors (Lipinski definition) is 5. The molecule has 6 nitrogen and oxygen atoms in total. The molecule has 31 heavy (non-hydrogen) atoms. The van der Waals surface area contributed by atoms with Gasteiger partial charge in [-0.1, -0.05) is 42.0 Å². The Labute approximate surface area is 177 Å². The van der Waals surface area contributed by atoms with E-state index in [1.807, 2.05) is 6.92 Å². The first kappa shape index (κ1) is 22.2. The van der Waals surface area contributed by atoms with E-state index >= 15 is 0 Å². The monoisotopic (exact) mass is 434 g/mol. The number of rotatable bonds is 7. The van der Waals surface area contributed by atoms with E-state index in [1.54, 1.807) is 48.5 Å². The number of nitrogens with zero attached hydrogens (tertiary/aromatic N) is 2.